The van der Waals surface area contributed by atoms with Gasteiger partial charge in [-0.3, -0.25) is 0 Å². The SMILES string of the molecule is CN/C=C(\C=N)c1ccc2c(c1)CCN(c1ccccc1)C2c1c(F)cc(/C=C/C(=O)O)cc1F. The highest BCUT2D eigenvalue weighted by molar-refractivity contribution is 6.08. The maximum atomic E-state index is 15.5. The number of carboxylic acids is 1. The zero-order chi connectivity index (χ0) is 24.9. The van der Waals surface area contributed by atoms with Gasteiger partial charge in [0, 0.05) is 43.3 Å². The third-order valence-corrected chi connectivity index (χ3v) is 6.04. The maximum Gasteiger partial charge on any atom is 0.328 e. The van der Waals surface area contributed by atoms with E-state index in [0.29, 0.717) is 18.5 Å². The molecule has 1 aliphatic rings. The number of hydrogen-bond donors (Lipinski definition) is 3. The van der Waals surface area contributed by atoms with Crippen molar-refractivity contribution in [3.05, 3.63) is 112 Å². The molecule has 0 aliphatic carbocycles. The van der Waals surface area contributed by atoms with E-state index in [-0.39, 0.29) is 11.1 Å². The predicted octanol–water partition coefficient (Wildman–Crippen LogP) is 5.42. The number of halogens is 2. The lowest BCUT2D eigenvalue weighted by Crippen LogP contribution is -2.37. The molecule has 1 heterocycles. The second-order valence-corrected chi connectivity index (χ2v) is 8.20. The summed E-state index contributed by atoms with van der Waals surface area (Å²) in [6.07, 6.45) is 5.68. The Morgan fingerprint density at radius 2 is 1.83 bits per heavy atom. The molecule has 5 nitrogen and oxygen atoms in total. The normalized spacial score (nSPS) is 15.7. The summed E-state index contributed by atoms with van der Waals surface area (Å²) in [4.78, 5) is 12.8. The first-order chi connectivity index (χ1) is 16.9. The second-order valence-electron chi connectivity index (χ2n) is 8.20. The van der Waals surface area contributed by atoms with Crippen LogP contribution in [0.5, 0.6) is 0 Å². The van der Waals surface area contributed by atoms with Crippen molar-refractivity contribution in [3.63, 3.8) is 0 Å². The number of nitrogens with zero attached hydrogens (tertiary/aromatic N) is 1. The van der Waals surface area contributed by atoms with Crippen LogP contribution in [0.4, 0.5) is 14.5 Å². The summed E-state index contributed by atoms with van der Waals surface area (Å²) in [5.74, 6) is -2.68. The molecule has 0 radical (unpaired) electrons. The smallest absolute Gasteiger partial charge is 0.328 e. The zero-order valence-electron chi connectivity index (χ0n) is 19.1. The monoisotopic (exact) mass is 473 g/mol. The van der Waals surface area contributed by atoms with Crippen molar-refractivity contribution in [3.8, 4) is 0 Å². The summed E-state index contributed by atoms with van der Waals surface area (Å²) in [6, 6.07) is 16.8. The van der Waals surface area contributed by atoms with Crippen LogP contribution < -0.4 is 10.2 Å². The molecule has 0 spiro atoms. The molecule has 3 aromatic rings. The van der Waals surface area contributed by atoms with Gasteiger partial charge in [-0.25, -0.2) is 13.6 Å². The van der Waals surface area contributed by atoms with E-state index in [1.165, 1.54) is 12.3 Å². The van der Waals surface area contributed by atoms with Crippen LogP contribution in [0, 0.1) is 17.0 Å². The van der Waals surface area contributed by atoms with Crippen molar-refractivity contribution in [1.29, 1.82) is 5.41 Å². The Morgan fingerprint density at radius 1 is 1.11 bits per heavy atom. The average Bonchev–Trinajstić information content (AvgIpc) is 2.86. The fourth-order valence-corrected chi connectivity index (χ4v) is 4.51. The second kappa shape index (κ2) is 10.3. The molecular formula is C28H25F2N3O2. The van der Waals surface area contributed by atoms with Gasteiger partial charge in [0.05, 0.1) is 11.6 Å². The summed E-state index contributed by atoms with van der Waals surface area (Å²) < 4.78 is 30.9. The maximum absolute atomic E-state index is 15.5. The lowest BCUT2D eigenvalue weighted by molar-refractivity contribution is -0.131. The number of carbonyl (C=O) groups is 1. The van der Waals surface area contributed by atoms with Crippen LogP contribution in [0.1, 0.15) is 33.9 Å². The van der Waals surface area contributed by atoms with Crippen LogP contribution in [0.15, 0.2) is 72.9 Å². The van der Waals surface area contributed by atoms with Crippen molar-refractivity contribution in [2.45, 2.75) is 12.5 Å². The molecule has 1 aliphatic heterocycles. The molecule has 3 aromatic carbocycles. The fraction of sp³-hybridized carbons (Fsp3) is 0.143. The molecule has 0 aromatic heterocycles. The third kappa shape index (κ3) is 4.99. The van der Waals surface area contributed by atoms with Gasteiger partial charge in [-0.15, -0.1) is 0 Å². The Labute approximate surface area is 202 Å². The van der Waals surface area contributed by atoms with Crippen LogP contribution in [-0.2, 0) is 11.2 Å². The van der Waals surface area contributed by atoms with Crippen molar-refractivity contribution < 1.29 is 18.7 Å². The van der Waals surface area contributed by atoms with Crippen molar-refractivity contribution in [2.75, 3.05) is 18.5 Å². The molecule has 4 rings (SSSR count). The predicted molar refractivity (Wildman–Crippen MR) is 135 cm³/mol. The first-order valence-electron chi connectivity index (χ1n) is 11.2. The van der Waals surface area contributed by atoms with Gasteiger partial charge < -0.3 is 20.7 Å². The van der Waals surface area contributed by atoms with Crippen LogP contribution in [-0.4, -0.2) is 30.9 Å². The lowest BCUT2D eigenvalue weighted by Gasteiger charge is -2.40. The summed E-state index contributed by atoms with van der Waals surface area (Å²) in [5.41, 5.74) is 4.17. The molecule has 3 N–H and O–H groups in total. The van der Waals surface area contributed by atoms with E-state index in [4.69, 9.17) is 10.5 Å². The van der Waals surface area contributed by atoms with E-state index < -0.39 is 23.6 Å². The van der Waals surface area contributed by atoms with Crippen molar-refractivity contribution in [2.24, 2.45) is 0 Å². The first-order valence-corrected chi connectivity index (χ1v) is 11.2. The summed E-state index contributed by atoms with van der Waals surface area (Å²) in [6.45, 7) is 0.542. The van der Waals surface area contributed by atoms with Gasteiger partial charge >= 0.3 is 5.97 Å². The van der Waals surface area contributed by atoms with E-state index in [0.717, 1.165) is 40.6 Å². The summed E-state index contributed by atoms with van der Waals surface area (Å²) in [7, 11) is 1.76. The third-order valence-electron chi connectivity index (χ3n) is 6.04. The molecule has 0 saturated heterocycles. The van der Waals surface area contributed by atoms with Crippen LogP contribution in [0.2, 0.25) is 0 Å². The Morgan fingerprint density at radius 3 is 2.46 bits per heavy atom. The molecule has 0 saturated carbocycles. The van der Waals surface area contributed by atoms with Crippen LogP contribution in [0.3, 0.4) is 0 Å². The minimum atomic E-state index is -1.20. The van der Waals surface area contributed by atoms with Crippen LogP contribution >= 0.6 is 0 Å². The molecule has 178 valence electrons. The largest absolute Gasteiger partial charge is 0.478 e. The van der Waals surface area contributed by atoms with E-state index >= 15 is 8.78 Å². The van der Waals surface area contributed by atoms with E-state index in [1.54, 1.807) is 13.2 Å². The van der Waals surface area contributed by atoms with Gasteiger partial charge in [0.25, 0.3) is 0 Å². The molecule has 7 heteroatoms. The van der Waals surface area contributed by atoms with E-state index in [2.05, 4.69) is 5.32 Å². The van der Waals surface area contributed by atoms with Gasteiger partial charge in [0.1, 0.15) is 11.6 Å². The number of carboxylic acid groups (broad SMARTS) is 1. The minimum absolute atomic E-state index is 0.0897. The van der Waals surface area contributed by atoms with Gasteiger partial charge in [0.2, 0.25) is 0 Å². The standard InChI is InChI=1S/C28H25F2N3O2/c1-32-17-21(16-31)19-8-9-23-20(15-19)11-12-33(22-5-3-2-4-6-22)28(23)27-24(29)13-18(14-25(27)30)7-10-26(34)35/h2-10,13-17,28,31-32H,11-12H2,1H3,(H,34,35)/b10-7+,21-17+,31-16?. The number of fused-ring (bicyclic) bond motifs is 1. The van der Waals surface area contributed by atoms with Gasteiger partial charge in [-0.2, -0.15) is 0 Å². The number of nitrogens with one attached hydrogen (secondary N) is 2. The molecule has 1 atom stereocenters. The number of para-hydroxylation sites is 1. The fourth-order valence-electron chi connectivity index (χ4n) is 4.51. The Kier molecular flexibility index (Phi) is 7.06. The quantitative estimate of drug-likeness (QED) is 0.316. The van der Waals surface area contributed by atoms with Crippen molar-refractivity contribution in [1.82, 2.24) is 5.32 Å². The molecule has 0 amide bonds. The first kappa shape index (κ1) is 23.9. The number of rotatable bonds is 7. The topological polar surface area (TPSA) is 76.4 Å². The summed E-state index contributed by atoms with van der Waals surface area (Å²) in [5, 5.41) is 19.5. The van der Waals surface area contributed by atoms with E-state index in [1.807, 2.05) is 53.4 Å². The van der Waals surface area contributed by atoms with E-state index in [9.17, 15) is 4.79 Å². The zero-order valence-corrected chi connectivity index (χ0v) is 19.1. The highest BCUT2D eigenvalue weighted by atomic mass is 19.1. The number of benzene rings is 3. The Bertz CT molecular complexity index is 1300. The number of hydrogen-bond acceptors (Lipinski definition) is 4. The summed E-state index contributed by atoms with van der Waals surface area (Å²) >= 11 is 0. The highest BCUT2D eigenvalue weighted by Crippen LogP contribution is 2.41. The van der Waals surface area contributed by atoms with Crippen molar-refractivity contribution >= 4 is 29.5 Å². The highest BCUT2D eigenvalue weighted by Gasteiger charge is 2.33. The molecule has 0 fully saturated rings. The molecule has 35 heavy (non-hydrogen) atoms. The molecule has 0 bridgehead atoms. The lowest BCUT2D eigenvalue weighted by atomic mass is 9.85. The molecule has 1 unspecified atom stereocenters. The average molecular weight is 474 g/mol. The molecular weight excluding hydrogens is 448 g/mol. The Hall–Kier alpha value is -4.26. The minimum Gasteiger partial charge on any atom is -0.478 e. The van der Waals surface area contributed by atoms with Crippen LogP contribution in [0.25, 0.3) is 11.6 Å². The van der Waals surface area contributed by atoms with Gasteiger partial charge in [0.15, 0.2) is 0 Å². The number of aliphatic carboxylic acids is 1. The van der Waals surface area contributed by atoms with Gasteiger partial charge in [-0.05, 0) is 59.0 Å². The van der Waals surface area contributed by atoms with Gasteiger partial charge in [-0.1, -0.05) is 36.4 Å². The Balaban J connectivity index is 1.87. The number of anilines is 1. The number of allylic oxidation sites excluding steroid dienone is 1.